The molecule has 0 amide bonds. The summed E-state index contributed by atoms with van der Waals surface area (Å²) in [4.78, 5) is 16.4. The summed E-state index contributed by atoms with van der Waals surface area (Å²) >= 11 is 1.58. The fourth-order valence-electron chi connectivity index (χ4n) is 2.39. The lowest BCUT2D eigenvalue weighted by Crippen LogP contribution is -2.19. The van der Waals surface area contributed by atoms with Crippen LogP contribution in [0.3, 0.4) is 0 Å². The first-order chi connectivity index (χ1) is 11.6. The molecule has 2 heterocycles. The normalized spacial score (nSPS) is 10.6. The molecular formula is C17H20N6S. The second kappa shape index (κ2) is 6.84. The zero-order chi connectivity index (χ0) is 17.1. The second-order valence-electron chi connectivity index (χ2n) is 5.32. The van der Waals surface area contributed by atoms with Gasteiger partial charge in [-0.05, 0) is 32.9 Å². The molecule has 7 heteroatoms. The zero-order valence-electron chi connectivity index (χ0n) is 13.9. The van der Waals surface area contributed by atoms with Crippen molar-refractivity contribution in [2.24, 2.45) is 0 Å². The smallest absolute Gasteiger partial charge is 0.188 e. The molecule has 2 aromatic heterocycles. The van der Waals surface area contributed by atoms with Gasteiger partial charge < -0.3 is 16.0 Å². The van der Waals surface area contributed by atoms with E-state index in [1.54, 1.807) is 11.3 Å². The summed E-state index contributed by atoms with van der Waals surface area (Å²) in [5.41, 5.74) is 8.89. The topological polar surface area (TPSA) is 80.0 Å². The van der Waals surface area contributed by atoms with Gasteiger partial charge in [-0.15, -0.1) is 11.3 Å². The van der Waals surface area contributed by atoms with Crippen LogP contribution >= 0.6 is 11.3 Å². The van der Waals surface area contributed by atoms with Crippen molar-refractivity contribution in [2.75, 3.05) is 22.5 Å². The minimum Gasteiger partial charge on any atom is -0.393 e. The molecule has 0 radical (unpaired) electrons. The molecule has 3 rings (SSSR count). The Balaban J connectivity index is 1.95. The SMILES string of the molecule is CCN(c1ccccc1)c1ncnc(Nc2nc(C)c(C)s2)c1N. The van der Waals surface area contributed by atoms with Crippen LogP contribution in [0.1, 0.15) is 17.5 Å². The summed E-state index contributed by atoms with van der Waals surface area (Å²) in [6.07, 6.45) is 1.52. The molecule has 0 spiro atoms. The molecule has 0 bridgehead atoms. The number of rotatable bonds is 5. The summed E-state index contributed by atoms with van der Waals surface area (Å²) in [5.74, 6) is 1.26. The van der Waals surface area contributed by atoms with E-state index < -0.39 is 0 Å². The molecule has 24 heavy (non-hydrogen) atoms. The maximum absolute atomic E-state index is 6.34. The summed E-state index contributed by atoms with van der Waals surface area (Å²) in [6.45, 7) is 6.84. The molecule has 0 aliphatic carbocycles. The fourth-order valence-corrected chi connectivity index (χ4v) is 3.20. The van der Waals surface area contributed by atoms with Gasteiger partial charge in [0.1, 0.15) is 12.0 Å². The van der Waals surface area contributed by atoms with Crippen LogP contribution in [0, 0.1) is 13.8 Å². The number of nitrogen functional groups attached to an aromatic ring is 1. The number of nitrogens with one attached hydrogen (secondary N) is 1. The van der Waals surface area contributed by atoms with Crippen LogP contribution < -0.4 is 16.0 Å². The first kappa shape index (κ1) is 16.2. The van der Waals surface area contributed by atoms with E-state index in [1.165, 1.54) is 11.2 Å². The van der Waals surface area contributed by atoms with Gasteiger partial charge in [0.2, 0.25) is 0 Å². The molecule has 1 aromatic carbocycles. The highest BCUT2D eigenvalue weighted by Crippen LogP contribution is 2.33. The zero-order valence-corrected chi connectivity index (χ0v) is 14.8. The lowest BCUT2D eigenvalue weighted by Gasteiger charge is -2.24. The number of hydrogen-bond acceptors (Lipinski definition) is 7. The van der Waals surface area contributed by atoms with Gasteiger partial charge in [0.05, 0.1) is 5.69 Å². The summed E-state index contributed by atoms with van der Waals surface area (Å²) in [5, 5.41) is 3.99. The molecule has 0 aliphatic heterocycles. The maximum Gasteiger partial charge on any atom is 0.188 e. The van der Waals surface area contributed by atoms with Crippen LogP contribution in [0.5, 0.6) is 0 Å². The van der Waals surface area contributed by atoms with E-state index in [9.17, 15) is 0 Å². The number of aryl methyl sites for hydroxylation is 2. The number of benzene rings is 1. The highest BCUT2D eigenvalue weighted by Gasteiger charge is 2.16. The molecule has 0 atom stereocenters. The lowest BCUT2D eigenvalue weighted by molar-refractivity contribution is 0.980. The van der Waals surface area contributed by atoms with E-state index >= 15 is 0 Å². The van der Waals surface area contributed by atoms with Gasteiger partial charge in [-0.3, -0.25) is 0 Å². The molecule has 3 aromatic rings. The van der Waals surface area contributed by atoms with Gasteiger partial charge in [0, 0.05) is 17.1 Å². The lowest BCUT2D eigenvalue weighted by atomic mass is 10.2. The van der Waals surface area contributed by atoms with Crippen LogP contribution in [0.4, 0.5) is 28.1 Å². The van der Waals surface area contributed by atoms with Gasteiger partial charge in [0.25, 0.3) is 0 Å². The van der Waals surface area contributed by atoms with Crippen LogP contribution in [0.25, 0.3) is 0 Å². The number of thiazole rings is 1. The highest BCUT2D eigenvalue weighted by molar-refractivity contribution is 7.15. The van der Waals surface area contributed by atoms with Gasteiger partial charge in [-0.1, -0.05) is 18.2 Å². The Bertz CT molecular complexity index is 811. The minimum absolute atomic E-state index is 0.508. The van der Waals surface area contributed by atoms with Crippen LogP contribution in [-0.2, 0) is 0 Å². The van der Waals surface area contributed by atoms with Crippen LogP contribution in [-0.4, -0.2) is 21.5 Å². The number of anilines is 5. The third-order valence-electron chi connectivity index (χ3n) is 3.76. The predicted molar refractivity (Wildman–Crippen MR) is 100 cm³/mol. The van der Waals surface area contributed by atoms with Crippen LogP contribution in [0.2, 0.25) is 0 Å². The standard InChI is InChI=1S/C17H20N6S/c1-4-23(13-8-6-5-7-9-13)16-14(18)15(19-10-20-16)22-17-21-11(2)12(3)24-17/h5-10H,4,18H2,1-3H3,(H,19,20,21,22). The number of nitrogens with two attached hydrogens (primary N) is 1. The van der Waals surface area contributed by atoms with Crippen molar-refractivity contribution in [3.63, 3.8) is 0 Å². The van der Waals surface area contributed by atoms with E-state index in [2.05, 4.69) is 32.1 Å². The van der Waals surface area contributed by atoms with Gasteiger partial charge in [-0.25, -0.2) is 15.0 Å². The number of para-hydroxylation sites is 1. The minimum atomic E-state index is 0.508. The van der Waals surface area contributed by atoms with Crippen molar-refractivity contribution < 1.29 is 0 Å². The maximum atomic E-state index is 6.34. The van der Waals surface area contributed by atoms with Crippen molar-refractivity contribution in [3.8, 4) is 0 Å². The quantitative estimate of drug-likeness (QED) is 0.730. The molecule has 3 N–H and O–H groups in total. The molecule has 0 saturated carbocycles. The number of nitrogens with zero attached hydrogens (tertiary/aromatic N) is 4. The largest absolute Gasteiger partial charge is 0.393 e. The molecule has 6 nitrogen and oxygen atoms in total. The second-order valence-corrected chi connectivity index (χ2v) is 6.53. The monoisotopic (exact) mass is 340 g/mol. The van der Waals surface area contributed by atoms with Gasteiger partial charge >= 0.3 is 0 Å². The summed E-state index contributed by atoms with van der Waals surface area (Å²) in [7, 11) is 0. The molecule has 0 aliphatic rings. The van der Waals surface area contributed by atoms with E-state index in [0.29, 0.717) is 17.3 Å². The van der Waals surface area contributed by atoms with Crippen molar-refractivity contribution >= 4 is 39.5 Å². The number of hydrogen-bond donors (Lipinski definition) is 2. The molecule has 124 valence electrons. The average Bonchev–Trinajstić information content (AvgIpc) is 2.90. The molecular weight excluding hydrogens is 320 g/mol. The van der Waals surface area contributed by atoms with Crippen molar-refractivity contribution in [2.45, 2.75) is 20.8 Å². The van der Waals surface area contributed by atoms with E-state index in [4.69, 9.17) is 5.73 Å². The Kier molecular flexibility index (Phi) is 4.61. The highest BCUT2D eigenvalue weighted by atomic mass is 32.1. The van der Waals surface area contributed by atoms with Crippen molar-refractivity contribution in [1.82, 2.24) is 15.0 Å². The molecule has 0 unspecified atom stereocenters. The van der Waals surface area contributed by atoms with Crippen LogP contribution in [0.15, 0.2) is 36.7 Å². The third kappa shape index (κ3) is 3.16. The van der Waals surface area contributed by atoms with E-state index in [0.717, 1.165) is 23.1 Å². The Labute approximate surface area is 145 Å². The number of aromatic nitrogens is 3. The summed E-state index contributed by atoms with van der Waals surface area (Å²) in [6, 6.07) is 10.0. The van der Waals surface area contributed by atoms with Gasteiger partial charge in [0.15, 0.2) is 16.8 Å². The molecule has 0 fully saturated rings. The third-order valence-corrected chi connectivity index (χ3v) is 4.74. The van der Waals surface area contributed by atoms with Crippen molar-refractivity contribution in [3.05, 3.63) is 47.2 Å². The Hall–Kier alpha value is -2.67. The van der Waals surface area contributed by atoms with Crippen molar-refractivity contribution in [1.29, 1.82) is 0 Å². The Morgan fingerprint density at radius 3 is 2.54 bits per heavy atom. The Morgan fingerprint density at radius 2 is 1.92 bits per heavy atom. The van der Waals surface area contributed by atoms with E-state index in [-0.39, 0.29) is 0 Å². The van der Waals surface area contributed by atoms with Gasteiger partial charge in [-0.2, -0.15) is 0 Å². The molecule has 0 saturated heterocycles. The first-order valence-electron chi connectivity index (χ1n) is 7.74. The van der Waals surface area contributed by atoms with E-state index in [1.807, 2.05) is 44.2 Å². The first-order valence-corrected chi connectivity index (χ1v) is 8.56. The Morgan fingerprint density at radius 1 is 1.17 bits per heavy atom. The summed E-state index contributed by atoms with van der Waals surface area (Å²) < 4.78 is 0. The fraction of sp³-hybridized carbons (Fsp3) is 0.235. The average molecular weight is 340 g/mol. The predicted octanol–water partition coefficient (Wildman–Crippen LogP) is 4.03.